The lowest BCUT2D eigenvalue weighted by Crippen LogP contribution is -2.34. The minimum atomic E-state index is -0.352. The molecule has 0 saturated heterocycles. The average molecular weight is 443 g/mol. The first-order valence-corrected chi connectivity index (χ1v) is 11.2. The largest absolute Gasteiger partial charge is 0.350 e. The van der Waals surface area contributed by atoms with Crippen molar-refractivity contribution in [2.75, 3.05) is 11.9 Å². The van der Waals surface area contributed by atoms with Crippen molar-refractivity contribution in [3.05, 3.63) is 106 Å². The maximum Gasteiger partial charge on any atom is 0.278 e. The number of carbonyl (C=O) groups is 2. The van der Waals surface area contributed by atoms with Crippen LogP contribution in [0.5, 0.6) is 0 Å². The van der Waals surface area contributed by atoms with Crippen molar-refractivity contribution in [1.29, 1.82) is 0 Å². The number of aryl methyl sites for hydroxylation is 3. The Hall–Kier alpha value is -3.73. The molecular formula is C28H27FN2O2. The fourth-order valence-corrected chi connectivity index (χ4v) is 3.92. The number of benzene rings is 3. The van der Waals surface area contributed by atoms with E-state index in [1.807, 2.05) is 56.3 Å². The van der Waals surface area contributed by atoms with Gasteiger partial charge in [-0.25, -0.2) is 4.39 Å². The molecule has 1 aliphatic rings. The van der Waals surface area contributed by atoms with Gasteiger partial charge >= 0.3 is 0 Å². The molecular weight excluding hydrogens is 415 g/mol. The van der Waals surface area contributed by atoms with E-state index < -0.39 is 0 Å². The fraction of sp³-hybridized carbons (Fsp3) is 0.214. The molecule has 0 atom stereocenters. The van der Waals surface area contributed by atoms with Crippen LogP contribution in [0.25, 0.3) is 5.57 Å². The van der Waals surface area contributed by atoms with Crippen LogP contribution < -0.4 is 5.32 Å². The molecule has 1 N–H and O–H groups in total. The Bertz CT molecular complexity index is 1230. The molecule has 0 unspecified atom stereocenters. The first-order valence-electron chi connectivity index (χ1n) is 11.2. The standard InChI is InChI=1S/C28H27FN2O2/c1-4-20-8-13-24(14-9-20)30-26-25(22-10-5-18(2)19(3)17-22)27(32)31(28(26)33)16-15-21-6-11-23(29)12-7-21/h5-14,17,30H,4,15-16H2,1-3H3. The Morgan fingerprint density at radius 3 is 2.12 bits per heavy atom. The topological polar surface area (TPSA) is 49.4 Å². The van der Waals surface area contributed by atoms with Gasteiger partial charge in [-0.1, -0.05) is 49.4 Å². The first kappa shape index (κ1) is 22.5. The lowest BCUT2D eigenvalue weighted by molar-refractivity contribution is -0.136. The quantitative estimate of drug-likeness (QED) is 0.496. The van der Waals surface area contributed by atoms with Crippen LogP contribution in [-0.2, 0) is 22.4 Å². The van der Waals surface area contributed by atoms with Crippen LogP contribution in [0.15, 0.2) is 72.4 Å². The molecule has 1 aliphatic heterocycles. The first-order chi connectivity index (χ1) is 15.9. The zero-order valence-corrected chi connectivity index (χ0v) is 19.1. The highest BCUT2D eigenvalue weighted by Crippen LogP contribution is 2.31. The summed E-state index contributed by atoms with van der Waals surface area (Å²) in [7, 11) is 0. The molecule has 168 valence electrons. The molecule has 0 aromatic heterocycles. The van der Waals surface area contributed by atoms with Crippen molar-refractivity contribution >= 4 is 23.1 Å². The zero-order valence-electron chi connectivity index (χ0n) is 19.1. The SMILES string of the molecule is CCc1ccc(NC2=C(c3ccc(C)c(C)c3)C(=O)N(CCc3ccc(F)cc3)C2=O)cc1. The van der Waals surface area contributed by atoms with Gasteiger partial charge in [-0.2, -0.15) is 0 Å². The van der Waals surface area contributed by atoms with Gasteiger partial charge in [-0.15, -0.1) is 0 Å². The molecule has 0 aliphatic carbocycles. The Labute approximate surface area is 193 Å². The van der Waals surface area contributed by atoms with Crippen LogP contribution in [0.2, 0.25) is 0 Å². The van der Waals surface area contributed by atoms with E-state index in [0.717, 1.165) is 28.8 Å². The number of hydrogen-bond donors (Lipinski definition) is 1. The van der Waals surface area contributed by atoms with Gasteiger partial charge in [0.15, 0.2) is 0 Å². The van der Waals surface area contributed by atoms with Gasteiger partial charge in [-0.05, 0) is 78.8 Å². The molecule has 0 fully saturated rings. The highest BCUT2D eigenvalue weighted by molar-refractivity contribution is 6.36. The molecule has 33 heavy (non-hydrogen) atoms. The highest BCUT2D eigenvalue weighted by Gasteiger charge is 2.39. The number of anilines is 1. The monoisotopic (exact) mass is 442 g/mol. The van der Waals surface area contributed by atoms with Gasteiger partial charge in [0.25, 0.3) is 11.8 Å². The minimum absolute atomic E-state index is 0.220. The third-order valence-electron chi connectivity index (χ3n) is 6.13. The van der Waals surface area contributed by atoms with E-state index in [2.05, 4.69) is 12.2 Å². The maximum absolute atomic E-state index is 13.4. The lowest BCUT2D eigenvalue weighted by atomic mass is 9.99. The number of amides is 2. The second-order valence-electron chi connectivity index (χ2n) is 8.36. The van der Waals surface area contributed by atoms with Crippen molar-refractivity contribution in [2.24, 2.45) is 0 Å². The average Bonchev–Trinajstić information content (AvgIpc) is 3.05. The molecule has 3 aromatic rings. The smallest absolute Gasteiger partial charge is 0.278 e. The van der Waals surface area contributed by atoms with Gasteiger partial charge in [0.05, 0.1) is 5.57 Å². The van der Waals surface area contributed by atoms with E-state index in [4.69, 9.17) is 0 Å². The number of nitrogens with zero attached hydrogens (tertiary/aromatic N) is 1. The molecule has 5 heteroatoms. The number of imide groups is 1. The summed E-state index contributed by atoms with van der Waals surface area (Å²) in [6.07, 6.45) is 1.38. The van der Waals surface area contributed by atoms with Crippen molar-refractivity contribution in [3.8, 4) is 0 Å². The minimum Gasteiger partial charge on any atom is -0.350 e. The van der Waals surface area contributed by atoms with E-state index in [1.54, 1.807) is 12.1 Å². The molecule has 0 spiro atoms. The maximum atomic E-state index is 13.4. The summed E-state index contributed by atoms with van der Waals surface area (Å²) in [5, 5.41) is 3.21. The van der Waals surface area contributed by atoms with Gasteiger partial charge in [-0.3, -0.25) is 14.5 Å². The molecule has 0 saturated carbocycles. The van der Waals surface area contributed by atoms with Crippen LogP contribution in [0.1, 0.15) is 34.7 Å². The molecule has 0 bridgehead atoms. The number of nitrogens with one attached hydrogen (secondary N) is 1. The van der Waals surface area contributed by atoms with Crippen LogP contribution >= 0.6 is 0 Å². The van der Waals surface area contributed by atoms with Gasteiger partial charge < -0.3 is 5.32 Å². The van der Waals surface area contributed by atoms with Gasteiger partial charge in [0.1, 0.15) is 11.5 Å². The lowest BCUT2D eigenvalue weighted by Gasteiger charge is -2.15. The van der Waals surface area contributed by atoms with E-state index >= 15 is 0 Å². The Kier molecular flexibility index (Phi) is 6.40. The second-order valence-corrected chi connectivity index (χ2v) is 8.36. The molecule has 1 heterocycles. The summed E-state index contributed by atoms with van der Waals surface area (Å²) in [4.78, 5) is 28.1. The summed E-state index contributed by atoms with van der Waals surface area (Å²) >= 11 is 0. The van der Waals surface area contributed by atoms with E-state index in [-0.39, 0.29) is 29.9 Å². The molecule has 4 rings (SSSR count). The fourth-order valence-electron chi connectivity index (χ4n) is 3.92. The second kappa shape index (κ2) is 9.41. The predicted octanol–water partition coefficient (Wildman–Crippen LogP) is 5.44. The van der Waals surface area contributed by atoms with Gasteiger partial charge in [0.2, 0.25) is 0 Å². The van der Waals surface area contributed by atoms with Crippen LogP contribution in [0.3, 0.4) is 0 Å². The third kappa shape index (κ3) is 4.72. The Morgan fingerprint density at radius 1 is 0.818 bits per heavy atom. The van der Waals surface area contributed by atoms with E-state index in [0.29, 0.717) is 17.6 Å². The molecule has 3 aromatic carbocycles. The highest BCUT2D eigenvalue weighted by atomic mass is 19.1. The van der Waals surface area contributed by atoms with Crippen LogP contribution in [0.4, 0.5) is 10.1 Å². The number of carbonyl (C=O) groups excluding carboxylic acids is 2. The van der Waals surface area contributed by atoms with Crippen molar-refractivity contribution in [2.45, 2.75) is 33.6 Å². The van der Waals surface area contributed by atoms with Crippen LogP contribution in [-0.4, -0.2) is 23.3 Å². The van der Waals surface area contributed by atoms with Crippen molar-refractivity contribution < 1.29 is 14.0 Å². The van der Waals surface area contributed by atoms with Crippen molar-refractivity contribution in [3.63, 3.8) is 0 Å². The number of halogens is 1. The normalized spacial score (nSPS) is 13.8. The zero-order chi connectivity index (χ0) is 23.5. The summed E-state index contributed by atoms with van der Waals surface area (Å²) in [5.41, 5.74) is 6.36. The predicted molar refractivity (Wildman–Crippen MR) is 129 cm³/mol. The van der Waals surface area contributed by atoms with E-state index in [9.17, 15) is 14.0 Å². The molecule has 0 radical (unpaired) electrons. The third-order valence-corrected chi connectivity index (χ3v) is 6.13. The summed E-state index contributed by atoms with van der Waals surface area (Å²) in [6.45, 7) is 6.31. The van der Waals surface area contributed by atoms with Crippen LogP contribution in [0, 0.1) is 19.7 Å². The van der Waals surface area contributed by atoms with Gasteiger partial charge in [0, 0.05) is 12.2 Å². The summed E-state index contributed by atoms with van der Waals surface area (Å²) in [6, 6.07) is 19.8. The summed E-state index contributed by atoms with van der Waals surface area (Å²) < 4.78 is 13.2. The number of hydrogen-bond acceptors (Lipinski definition) is 3. The number of rotatable bonds is 7. The summed E-state index contributed by atoms with van der Waals surface area (Å²) in [5.74, 6) is -0.987. The Morgan fingerprint density at radius 2 is 1.48 bits per heavy atom. The Balaban J connectivity index is 1.67. The molecule has 4 nitrogen and oxygen atoms in total. The van der Waals surface area contributed by atoms with E-state index in [1.165, 1.54) is 22.6 Å². The molecule has 2 amide bonds. The van der Waals surface area contributed by atoms with Crippen molar-refractivity contribution in [1.82, 2.24) is 4.90 Å².